The highest BCUT2D eigenvalue weighted by Gasteiger charge is 2.46. The van der Waals surface area contributed by atoms with Crippen molar-refractivity contribution in [3.8, 4) is 5.06 Å². The Balaban J connectivity index is 1.34. The number of aromatic amines is 1. The molecular formula is C19H17ClF3N3O2S. The number of ether oxygens (including phenoxy) is 1. The Morgan fingerprint density at radius 3 is 2.97 bits per heavy atom. The van der Waals surface area contributed by atoms with Crippen LogP contribution in [-0.2, 0) is 4.79 Å². The predicted octanol–water partition coefficient (Wildman–Crippen LogP) is 5.20. The monoisotopic (exact) mass is 443 g/mol. The van der Waals surface area contributed by atoms with Gasteiger partial charge in [-0.05, 0) is 43.7 Å². The molecule has 29 heavy (non-hydrogen) atoms. The molecule has 3 aromatic rings. The molecule has 2 heterocycles. The van der Waals surface area contributed by atoms with E-state index < -0.39 is 12.8 Å². The summed E-state index contributed by atoms with van der Waals surface area (Å²) in [7, 11) is 0. The molecule has 1 saturated carbocycles. The molecule has 1 aliphatic rings. The van der Waals surface area contributed by atoms with Crippen LogP contribution < -0.4 is 10.1 Å². The number of nitrogens with zero attached hydrogens (tertiary/aromatic N) is 1. The van der Waals surface area contributed by atoms with Gasteiger partial charge in [-0.3, -0.25) is 4.79 Å². The molecule has 0 saturated heterocycles. The fourth-order valence-corrected chi connectivity index (χ4v) is 4.18. The van der Waals surface area contributed by atoms with Crippen molar-refractivity contribution >= 4 is 39.9 Å². The summed E-state index contributed by atoms with van der Waals surface area (Å²) in [5, 5.41) is 3.70. The second-order valence-electron chi connectivity index (χ2n) is 7.02. The third-order valence-electron chi connectivity index (χ3n) is 4.71. The van der Waals surface area contributed by atoms with Crippen LogP contribution in [0.2, 0.25) is 5.02 Å². The van der Waals surface area contributed by atoms with E-state index in [1.54, 1.807) is 25.1 Å². The minimum Gasteiger partial charge on any atom is -0.475 e. The average Bonchev–Trinajstić information content (AvgIpc) is 3.11. The molecule has 1 fully saturated rings. The number of fused-ring (bicyclic) bond motifs is 1. The maximum atomic E-state index is 12.6. The van der Waals surface area contributed by atoms with Crippen molar-refractivity contribution in [2.45, 2.75) is 31.5 Å². The standard InChI is InChI=1S/C19H17ClF3N3O2S/c1-9(15-4-5-16(29-15)28-8-19(21,22)23)24-18(27)12-7-11(12)17-25-13-3-2-10(20)6-14(13)26-17/h2-6,9,11-12H,7-8H2,1H3,(H,24,27)(H,25,26)/t9-,11?,12?/m1/s1. The van der Waals surface area contributed by atoms with Gasteiger partial charge >= 0.3 is 6.18 Å². The van der Waals surface area contributed by atoms with Crippen LogP contribution in [0.25, 0.3) is 11.0 Å². The molecule has 5 nitrogen and oxygen atoms in total. The molecule has 0 bridgehead atoms. The molecule has 0 aliphatic heterocycles. The number of halogens is 4. The number of carbonyl (C=O) groups excluding carboxylic acids is 1. The fourth-order valence-electron chi connectivity index (χ4n) is 3.15. The summed E-state index contributed by atoms with van der Waals surface area (Å²) in [5.41, 5.74) is 1.63. The van der Waals surface area contributed by atoms with E-state index in [1.165, 1.54) is 6.07 Å². The van der Waals surface area contributed by atoms with Gasteiger partial charge in [-0.2, -0.15) is 13.2 Å². The number of rotatable bonds is 6. The number of hydrogen-bond acceptors (Lipinski definition) is 4. The molecule has 0 spiro atoms. The van der Waals surface area contributed by atoms with Crippen molar-refractivity contribution in [3.63, 3.8) is 0 Å². The van der Waals surface area contributed by atoms with Gasteiger partial charge in [0.2, 0.25) is 5.91 Å². The number of hydrogen-bond donors (Lipinski definition) is 2. The first-order valence-electron chi connectivity index (χ1n) is 8.94. The Morgan fingerprint density at radius 1 is 1.41 bits per heavy atom. The molecule has 3 atom stereocenters. The Labute approximate surface area is 173 Å². The number of thiophene rings is 1. The van der Waals surface area contributed by atoms with Crippen LogP contribution in [0.5, 0.6) is 5.06 Å². The zero-order valence-electron chi connectivity index (χ0n) is 15.2. The van der Waals surface area contributed by atoms with Crippen LogP contribution in [0.3, 0.4) is 0 Å². The van der Waals surface area contributed by atoms with E-state index in [0.717, 1.165) is 33.1 Å². The van der Waals surface area contributed by atoms with Crippen LogP contribution in [-0.4, -0.2) is 28.7 Å². The average molecular weight is 444 g/mol. The lowest BCUT2D eigenvalue weighted by molar-refractivity contribution is -0.152. The van der Waals surface area contributed by atoms with Gasteiger partial charge in [-0.25, -0.2) is 4.98 Å². The third kappa shape index (κ3) is 4.67. The van der Waals surface area contributed by atoms with Gasteiger partial charge in [-0.15, -0.1) is 11.3 Å². The quantitative estimate of drug-likeness (QED) is 0.550. The van der Waals surface area contributed by atoms with Crippen molar-refractivity contribution < 1.29 is 22.7 Å². The fraction of sp³-hybridized carbons (Fsp3) is 0.368. The molecule has 1 aliphatic carbocycles. The minimum atomic E-state index is -4.38. The maximum Gasteiger partial charge on any atom is 0.422 e. The molecule has 2 N–H and O–H groups in total. The Kier molecular flexibility index (Phi) is 5.20. The molecule has 0 radical (unpaired) electrons. The van der Waals surface area contributed by atoms with Crippen LogP contribution >= 0.6 is 22.9 Å². The highest BCUT2D eigenvalue weighted by molar-refractivity contribution is 7.13. The maximum absolute atomic E-state index is 12.6. The van der Waals surface area contributed by atoms with E-state index in [1.807, 2.05) is 6.07 Å². The van der Waals surface area contributed by atoms with Crippen LogP contribution in [0, 0.1) is 5.92 Å². The summed E-state index contributed by atoms with van der Waals surface area (Å²) >= 11 is 7.08. The van der Waals surface area contributed by atoms with E-state index in [-0.39, 0.29) is 28.8 Å². The van der Waals surface area contributed by atoms with Crippen molar-refractivity contribution in [2.24, 2.45) is 5.92 Å². The lowest BCUT2D eigenvalue weighted by atomic mass is 10.2. The number of carbonyl (C=O) groups is 1. The van der Waals surface area contributed by atoms with Crippen molar-refractivity contribution in [3.05, 3.63) is 46.1 Å². The second-order valence-corrected chi connectivity index (χ2v) is 8.54. The van der Waals surface area contributed by atoms with E-state index in [2.05, 4.69) is 15.3 Å². The number of aromatic nitrogens is 2. The molecule has 154 valence electrons. The largest absolute Gasteiger partial charge is 0.475 e. The summed E-state index contributed by atoms with van der Waals surface area (Å²) in [5.74, 6) is 0.484. The summed E-state index contributed by atoms with van der Waals surface area (Å²) < 4.78 is 41.5. The van der Waals surface area contributed by atoms with Crippen LogP contribution in [0.1, 0.15) is 36.0 Å². The Bertz CT molecular complexity index is 1050. The number of alkyl halides is 3. The summed E-state index contributed by atoms with van der Waals surface area (Å²) in [6.07, 6.45) is -3.69. The molecule has 2 unspecified atom stereocenters. The predicted molar refractivity (Wildman–Crippen MR) is 104 cm³/mol. The second kappa shape index (κ2) is 7.53. The summed E-state index contributed by atoms with van der Waals surface area (Å²) in [6.45, 7) is 0.456. The van der Waals surface area contributed by atoms with E-state index in [4.69, 9.17) is 16.3 Å². The zero-order chi connectivity index (χ0) is 20.8. The first-order chi connectivity index (χ1) is 13.7. The van der Waals surface area contributed by atoms with Gasteiger partial charge in [0.1, 0.15) is 5.82 Å². The van der Waals surface area contributed by atoms with Crippen molar-refractivity contribution in [1.29, 1.82) is 0 Å². The molecule has 1 aromatic carbocycles. The molecule has 10 heteroatoms. The van der Waals surface area contributed by atoms with Gasteiger partial charge in [0.15, 0.2) is 11.7 Å². The highest BCUT2D eigenvalue weighted by atomic mass is 35.5. The molecular weight excluding hydrogens is 427 g/mol. The molecule has 2 aromatic heterocycles. The number of nitrogens with one attached hydrogen (secondary N) is 2. The first-order valence-corrected chi connectivity index (χ1v) is 10.1. The summed E-state index contributed by atoms with van der Waals surface area (Å²) in [6, 6.07) is 8.20. The number of H-pyrrole nitrogens is 1. The van der Waals surface area contributed by atoms with Crippen molar-refractivity contribution in [2.75, 3.05) is 6.61 Å². The Hall–Kier alpha value is -2.26. The zero-order valence-corrected chi connectivity index (χ0v) is 16.8. The first kappa shape index (κ1) is 20.0. The number of benzene rings is 1. The van der Waals surface area contributed by atoms with Crippen molar-refractivity contribution in [1.82, 2.24) is 15.3 Å². The highest BCUT2D eigenvalue weighted by Crippen LogP contribution is 2.47. The minimum absolute atomic E-state index is 0.0161. The molecule has 1 amide bonds. The Morgan fingerprint density at radius 2 is 2.21 bits per heavy atom. The van der Waals surface area contributed by atoms with E-state index in [9.17, 15) is 18.0 Å². The van der Waals surface area contributed by atoms with Gasteiger partial charge < -0.3 is 15.0 Å². The normalized spacial score (nSPS) is 19.9. The molecule has 4 rings (SSSR count). The third-order valence-corrected chi connectivity index (χ3v) is 6.12. The SMILES string of the molecule is C[C@@H](NC(=O)C1CC1c1nc2ccc(Cl)cc2[nH]1)c1ccc(OCC(F)(F)F)s1. The van der Waals surface area contributed by atoms with Crippen LogP contribution in [0.4, 0.5) is 13.2 Å². The number of amides is 1. The topological polar surface area (TPSA) is 67.0 Å². The van der Waals surface area contributed by atoms with Gasteiger partial charge in [0, 0.05) is 21.7 Å². The number of imidazole rings is 1. The summed E-state index contributed by atoms with van der Waals surface area (Å²) in [4.78, 5) is 21.0. The van der Waals surface area contributed by atoms with Gasteiger partial charge in [-0.1, -0.05) is 11.6 Å². The lowest BCUT2D eigenvalue weighted by Gasteiger charge is -2.12. The smallest absolute Gasteiger partial charge is 0.422 e. The van der Waals surface area contributed by atoms with Gasteiger partial charge in [0.25, 0.3) is 0 Å². The van der Waals surface area contributed by atoms with Gasteiger partial charge in [0.05, 0.1) is 17.1 Å². The van der Waals surface area contributed by atoms with E-state index in [0.29, 0.717) is 11.4 Å². The van der Waals surface area contributed by atoms with Crippen LogP contribution in [0.15, 0.2) is 30.3 Å². The van der Waals surface area contributed by atoms with E-state index >= 15 is 0 Å². The lowest BCUT2D eigenvalue weighted by Crippen LogP contribution is -2.28.